The molecule has 2 heterocycles. The van der Waals surface area contributed by atoms with Crippen molar-refractivity contribution in [3.8, 4) is 6.07 Å². The molecule has 0 spiro atoms. The third-order valence-corrected chi connectivity index (χ3v) is 3.49. The molecule has 1 aliphatic rings. The summed E-state index contributed by atoms with van der Waals surface area (Å²) >= 11 is 0. The highest BCUT2D eigenvalue weighted by molar-refractivity contribution is 5.83. The lowest BCUT2D eigenvalue weighted by molar-refractivity contribution is 0.724. The summed E-state index contributed by atoms with van der Waals surface area (Å²) in [5.74, 6) is 0. The van der Waals surface area contributed by atoms with E-state index in [0.717, 1.165) is 49.2 Å². The maximum atomic E-state index is 9.32. The second-order valence-electron chi connectivity index (χ2n) is 4.75. The van der Waals surface area contributed by atoms with E-state index in [1.54, 1.807) is 0 Å². The number of hydrogen-bond acceptors (Lipinski definition) is 4. The molecule has 0 bridgehead atoms. The first-order valence-corrected chi connectivity index (χ1v) is 6.64. The van der Waals surface area contributed by atoms with E-state index >= 15 is 0 Å². The number of benzene rings is 1. The number of aromatic nitrogens is 1. The van der Waals surface area contributed by atoms with Crippen LogP contribution in [0.2, 0.25) is 0 Å². The number of pyridine rings is 1. The number of anilines is 1. The number of fused-ring (bicyclic) bond motifs is 1. The predicted molar refractivity (Wildman–Crippen MR) is 76.2 cm³/mol. The van der Waals surface area contributed by atoms with E-state index < -0.39 is 0 Å². The van der Waals surface area contributed by atoms with E-state index in [-0.39, 0.29) is 0 Å². The van der Waals surface area contributed by atoms with Crippen molar-refractivity contribution < 1.29 is 0 Å². The van der Waals surface area contributed by atoms with Crippen LogP contribution in [0.25, 0.3) is 10.9 Å². The molecule has 0 unspecified atom stereocenters. The van der Waals surface area contributed by atoms with Gasteiger partial charge in [-0.2, -0.15) is 5.26 Å². The quantitative estimate of drug-likeness (QED) is 0.842. The lowest BCUT2D eigenvalue weighted by Gasteiger charge is -2.23. The molecule has 4 nitrogen and oxygen atoms in total. The molecule has 1 aromatic carbocycles. The molecule has 2 aromatic rings. The van der Waals surface area contributed by atoms with Gasteiger partial charge < -0.3 is 10.2 Å². The summed E-state index contributed by atoms with van der Waals surface area (Å²) in [5, 5.41) is 13.8. The summed E-state index contributed by atoms with van der Waals surface area (Å²) in [7, 11) is 0. The van der Waals surface area contributed by atoms with Gasteiger partial charge in [-0.1, -0.05) is 18.2 Å². The molecule has 0 radical (unpaired) electrons. The van der Waals surface area contributed by atoms with Crippen LogP contribution in [0.5, 0.6) is 0 Å². The van der Waals surface area contributed by atoms with Crippen molar-refractivity contribution in [2.45, 2.75) is 6.42 Å². The van der Waals surface area contributed by atoms with Crippen molar-refractivity contribution in [3.05, 3.63) is 36.0 Å². The highest BCUT2D eigenvalue weighted by atomic mass is 15.2. The van der Waals surface area contributed by atoms with Crippen molar-refractivity contribution in [1.29, 1.82) is 5.26 Å². The molecule has 3 rings (SSSR count). The van der Waals surface area contributed by atoms with Crippen molar-refractivity contribution >= 4 is 16.6 Å². The lowest BCUT2D eigenvalue weighted by atomic mass is 10.1. The summed E-state index contributed by atoms with van der Waals surface area (Å²) in [6.45, 7) is 3.90. The number of nitrogens with one attached hydrogen (secondary N) is 1. The third-order valence-electron chi connectivity index (χ3n) is 3.49. The van der Waals surface area contributed by atoms with E-state index in [4.69, 9.17) is 0 Å². The SMILES string of the molecule is N#Cc1nc2ccccc2cc1N1CCCNCC1. The smallest absolute Gasteiger partial charge is 0.164 e. The van der Waals surface area contributed by atoms with Crippen molar-refractivity contribution in [3.63, 3.8) is 0 Å². The summed E-state index contributed by atoms with van der Waals surface area (Å²) < 4.78 is 0. The largest absolute Gasteiger partial charge is 0.368 e. The third kappa shape index (κ3) is 2.38. The van der Waals surface area contributed by atoms with Crippen molar-refractivity contribution in [2.24, 2.45) is 0 Å². The summed E-state index contributed by atoms with van der Waals surface area (Å²) in [5.41, 5.74) is 2.38. The van der Waals surface area contributed by atoms with Gasteiger partial charge in [-0.25, -0.2) is 4.98 Å². The first kappa shape index (κ1) is 11.9. The molecular weight excluding hydrogens is 236 g/mol. The Kier molecular flexibility index (Phi) is 3.30. The maximum Gasteiger partial charge on any atom is 0.164 e. The van der Waals surface area contributed by atoms with Gasteiger partial charge in [-0.3, -0.25) is 0 Å². The minimum Gasteiger partial charge on any atom is -0.368 e. The van der Waals surface area contributed by atoms with Gasteiger partial charge in [0.2, 0.25) is 0 Å². The van der Waals surface area contributed by atoms with E-state index in [2.05, 4.69) is 27.3 Å². The molecule has 19 heavy (non-hydrogen) atoms. The normalized spacial score (nSPS) is 16.1. The molecule has 1 aliphatic heterocycles. The fourth-order valence-electron chi connectivity index (χ4n) is 2.51. The van der Waals surface area contributed by atoms with Gasteiger partial charge in [0.25, 0.3) is 0 Å². The molecule has 1 saturated heterocycles. The molecule has 1 N–H and O–H groups in total. The number of nitriles is 1. The minimum atomic E-state index is 0.528. The van der Waals surface area contributed by atoms with E-state index in [9.17, 15) is 5.26 Å². The Balaban J connectivity index is 2.08. The van der Waals surface area contributed by atoms with Gasteiger partial charge in [0.15, 0.2) is 5.69 Å². The zero-order valence-electron chi connectivity index (χ0n) is 10.8. The van der Waals surface area contributed by atoms with Gasteiger partial charge in [-0.05, 0) is 25.1 Å². The first-order valence-electron chi connectivity index (χ1n) is 6.64. The van der Waals surface area contributed by atoms with Crippen LogP contribution in [0.4, 0.5) is 5.69 Å². The molecule has 0 amide bonds. The summed E-state index contributed by atoms with van der Waals surface area (Å²) in [6, 6.07) is 12.3. The molecule has 1 aromatic heterocycles. The summed E-state index contributed by atoms with van der Waals surface area (Å²) in [4.78, 5) is 6.74. The molecule has 96 valence electrons. The Morgan fingerprint density at radius 1 is 1.21 bits per heavy atom. The highest BCUT2D eigenvalue weighted by Gasteiger charge is 2.15. The Bertz CT molecular complexity index is 622. The fourth-order valence-corrected chi connectivity index (χ4v) is 2.51. The Morgan fingerprint density at radius 3 is 3.00 bits per heavy atom. The molecule has 1 fully saturated rings. The van der Waals surface area contributed by atoms with Crippen LogP contribution in [-0.4, -0.2) is 31.2 Å². The highest BCUT2D eigenvalue weighted by Crippen LogP contribution is 2.24. The fraction of sp³-hybridized carbons (Fsp3) is 0.333. The van der Waals surface area contributed by atoms with Crippen LogP contribution in [0.15, 0.2) is 30.3 Å². The second-order valence-corrected chi connectivity index (χ2v) is 4.75. The lowest BCUT2D eigenvalue weighted by Crippen LogP contribution is -2.28. The van der Waals surface area contributed by atoms with Gasteiger partial charge in [0.05, 0.1) is 11.2 Å². The molecule has 0 atom stereocenters. The Labute approximate surface area is 112 Å². The standard InChI is InChI=1S/C15H16N4/c16-11-14-15(19-8-3-6-17-7-9-19)10-12-4-1-2-5-13(12)18-14/h1-2,4-5,10,17H,3,6-9H2. The number of hydrogen-bond donors (Lipinski definition) is 1. The maximum absolute atomic E-state index is 9.32. The minimum absolute atomic E-state index is 0.528. The Morgan fingerprint density at radius 2 is 2.11 bits per heavy atom. The van der Waals surface area contributed by atoms with Crippen LogP contribution < -0.4 is 10.2 Å². The van der Waals surface area contributed by atoms with Crippen LogP contribution in [0.1, 0.15) is 12.1 Å². The van der Waals surface area contributed by atoms with Crippen LogP contribution >= 0.6 is 0 Å². The van der Waals surface area contributed by atoms with Gasteiger partial charge >= 0.3 is 0 Å². The average molecular weight is 252 g/mol. The number of rotatable bonds is 1. The van der Waals surface area contributed by atoms with Crippen LogP contribution in [-0.2, 0) is 0 Å². The van der Waals surface area contributed by atoms with E-state index in [1.165, 1.54) is 0 Å². The van der Waals surface area contributed by atoms with Gasteiger partial charge in [0, 0.05) is 25.0 Å². The molecule has 0 saturated carbocycles. The zero-order chi connectivity index (χ0) is 13.1. The van der Waals surface area contributed by atoms with E-state index in [1.807, 2.05) is 24.3 Å². The topological polar surface area (TPSA) is 52.0 Å². The van der Waals surface area contributed by atoms with Gasteiger partial charge in [0.1, 0.15) is 6.07 Å². The zero-order valence-corrected chi connectivity index (χ0v) is 10.8. The van der Waals surface area contributed by atoms with Gasteiger partial charge in [-0.15, -0.1) is 0 Å². The number of nitrogens with zero attached hydrogens (tertiary/aromatic N) is 3. The van der Waals surface area contributed by atoms with Crippen molar-refractivity contribution in [2.75, 3.05) is 31.1 Å². The predicted octanol–water partition coefficient (Wildman–Crippen LogP) is 1.91. The van der Waals surface area contributed by atoms with Crippen LogP contribution in [0, 0.1) is 11.3 Å². The summed E-state index contributed by atoms with van der Waals surface area (Å²) in [6.07, 6.45) is 1.09. The Hall–Kier alpha value is -2.12. The van der Waals surface area contributed by atoms with Crippen molar-refractivity contribution in [1.82, 2.24) is 10.3 Å². The number of para-hydroxylation sites is 1. The second kappa shape index (κ2) is 5.25. The van der Waals surface area contributed by atoms with E-state index in [0.29, 0.717) is 5.69 Å². The average Bonchev–Trinajstić information content (AvgIpc) is 2.74. The molecule has 4 heteroatoms. The molecular formula is C15H16N4. The monoisotopic (exact) mass is 252 g/mol. The van der Waals surface area contributed by atoms with Crippen LogP contribution in [0.3, 0.4) is 0 Å². The first-order chi connectivity index (χ1) is 9.38. The molecule has 0 aliphatic carbocycles.